The highest BCUT2D eigenvalue weighted by molar-refractivity contribution is 5.80. The summed E-state index contributed by atoms with van der Waals surface area (Å²) in [4.78, 5) is 17.5. The Morgan fingerprint density at radius 2 is 2.14 bits per heavy atom. The molecule has 1 atom stereocenters. The molecule has 21 heavy (non-hydrogen) atoms. The van der Waals surface area contributed by atoms with Gasteiger partial charge in [0.1, 0.15) is 0 Å². The van der Waals surface area contributed by atoms with Crippen molar-refractivity contribution < 1.29 is 9.90 Å². The van der Waals surface area contributed by atoms with Gasteiger partial charge in [0.05, 0.1) is 6.54 Å². The molecule has 0 saturated carbocycles. The number of carbonyl (C=O) groups is 1. The molecule has 1 saturated heterocycles. The van der Waals surface area contributed by atoms with E-state index in [1.165, 1.54) is 0 Å². The Bertz CT molecular complexity index is 340. The predicted molar refractivity (Wildman–Crippen MR) is 84.0 cm³/mol. The van der Waals surface area contributed by atoms with Crippen LogP contribution in [0.25, 0.3) is 0 Å². The summed E-state index contributed by atoms with van der Waals surface area (Å²) in [5, 5.41) is 15.7. The van der Waals surface area contributed by atoms with Gasteiger partial charge in [0.15, 0.2) is 5.96 Å². The minimum atomic E-state index is -0.269. The van der Waals surface area contributed by atoms with Crippen molar-refractivity contribution in [3.63, 3.8) is 0 Å². The van der Waals surface area contributed by atoms with Crippen molar-refractivity contribution in [2.75, 3.05) is 39.3 Å². The molecule has 122 valence electrons. The van der Waals surface area contributed by atoms with Gasteiger partial charge in [0.2, 0.25) is 5.91 Å². The van der Waals surface area contributed by atoms with Gasteiger partial charge in [-0.25, -0.2) is 0 Å². The summed E-state index contributed by atoms with van der Waals surface area (Å²) in [6, 6.07) is 0.358. The zero-order valence-corrected chi connectivity index (χ0v) is 13.1. The molecule has 1 amide bonds. The Hall–Kier alpha value is -1.34. The van der Waals surface area contributed by atoms with E-state index >= 15 is 0 Å². The van der Waals surface area contributed by atoms with Crippen molar-refractivity contribution in [1.29, 1.82) is 0 Å². The number of hydrogen-bond donors (Lipinski definition) is 4. The highest BCUT2D eigenvalue weighted by atomic mass is 16.3. The number of piperidine rings is 1. The molecule has 1 aliphatic rings. The topological polar surface area (TPSA) is 103 Å². The lowest BCUT2D eigenvalue weighted by atomic mass is 10.1. The molecule has 7 heteroatoms. The summed E-state index contributed by atoms with van der Waals surface area (Å²) in [5.74, 6) is 0.693. The lowest BCUT2D eigenvalue weighted by Gasteiger charge is -2.32. The van der Waals surface area contributed by atoms with E-state index in [2.05, 4.69) is 20.5 Å². The standard InChI is InChI=1S/C14H29N5O2/c1-3-16-14(17-8-11(2)10-20)18-12-4-6-19(7-5-12)9-13(15)21/h11-12,20H,3-10H2,1-2H3,(H2,15,21)(H2,16,17,18). The maximum Gasteiger partial charge on any atom is 0.231 e. The minimum Gasteiger partial charge on any atom is -0.396 e. The van der Waals surface area contributed by atoms with Gasteiger partial charge < -0.3 is 21.5 Å². The Labute approximate surface area is 127 Å². The van der Waals surface area contributed by atoms with Crippen molar-refractivity contribution in [3.05, 3.63) is 0 Å². The van der Waals surface area contributed by atoms with Crippen LogP contribution in [-0.4, -0.2) is 67.2 Å². The predicted octanol–water partition coefficient (Wildman–Crippen LogP) is -0.880. The van der Waals surface area contributed by atoms with Gasteiger partial charge in [0, 0.05) is 38.8 Å². The van der Waals surface area contributed by atoms with Crippen LogP contribution in [0.1, 0.15) is 26.7 Å². The van der Waals surface area contributed by atoms with Gasteiger partial charge in [-0.3, -0.25) is 14.7 Å². The highest BCUT2D eigenvalue weighted by Gasteiger charge is 2.20. The number of guanidine groups is 1. The number of aliphatic hydroxyl groups excluding tert-OH is 1. The molecule has 1 fully saturated rings. The molecule has 0 aromatic rings. The molecule has 1 heterocycles. The van der Waals surface area contributed by atoms with Gasteiger partial charge in [0.25, 0.3) is 0 Å². The fourth-order valence-corrected chi connectivity index (χ4v) is 2.27. The maximum absolute atomic E-state index is 10.9. The number of aliphatic hydroxyl groups is 1. The van der Waals surface area contributed by atoms with Crippen molar-refractivity contribution in [2.45, 2.75) is 32.7 Å². The number of carbonyl (C=O) groups excluding carboxylic acids is 1. The number of primary amides is 1. The van der Waals surface area contributed by atoms with Crippen LogP contribution in [-0.2, 0) is 4.79 Å². The van der Waals surface area contributed by atoms with E-state index in [-0.39, 0.29) is 18.4 Å². The second kappa shape index (κ2) is 9.57. The number of rotatable bonds is 7. The Balaban J connectivity index is 2.40. The van der Waals surface area contributed by atoms with Crippen LogP contribution in [0.4, 0.5) is 0 Å². The summed E-state index contributed by atoms with van der Waals surface area (Å²) in [6.07, 6.45) is 1.93. The fourth-order valence-electron chi connectivity index (χ4n) is 2.27. The lowest BCUT2D eigenvalue weighted by Crippen LogP contribution is -2.50. The number of aliphatic imine (C=N–C) groups is 1. The molecule has 7 nitrogen and oxygen atoms in total. The largest absolute Gasteiger partial charge is 0.396 e. The van der Waals surface area contributed by atoms with E-state index in [0.29, 0.717) is 19.1 Å². The van der Waals surface area contributed by atoms with E-state index in [0.717, 1.165) is 38.4 Å². The number of nitrogens with two attached hydrogens (primary N) is 1. The normalized spacial score (nSPS) is 19.3. The molecule has 0 aromatic heterocycles. The van der Waals surface area contributed by atoms with Crippen LogP contribution in [0.2, 0.25) is 0 Å². The van der Waals surface area contributed by atoms with Gasteiger partial charge in [-0.15, -0.1) is 0 Å². The smallest absolute Gasteiger partial charge is 0.231 e. The summed E-state index contributed by atoms with van der Waals surface area (Å²) < 4.78 is 0. The first kappa shape index (κ1) is 17.7. The zero-order valence-electron chi connectivity index (χ0n) is 13.1. The average molecular weight is 299 g/mol. The average Bonchev–Trinajstić information content (AvgIpc) is 2.46. The first-order valence-electron chi connectivity index (χ1n) is 7.71. The Morgan fingerprint density at radius 1 is 1.48 bits per heavy atom. The first-order chi connectivity index (χ1) is 10.0. The van der Waals surface area contributed by atoms with Crippen LogP contribution in [0, 0.1) is 5.92 Å². The van der Waals surface area contributed by atoms with E-state index in [4.69, 9.17) is 10.8 Å². The van der Waals surface area contributed by atoms with Crippen molar-refractivity contribution in [3.8, 4) is 0 Å². The monoisotopic (exact) mass is 299 g/mol. The molecule has 1 unspecified atom stereocenters. The molecule has 0 spiro atoms. The summed E-state index contributed by atoms with van der Waals surface area (Å²) in [6.45, 7) is 7.63. The summed E-state index contributed by atoms with van der Waals surface area (Å²) >= 11 is 0. The van der Waals surface area contributed by atoms with E-state index in [1.807, 2.05) is 13.8 Å². The van der Waals surface area contributed by atoms with E-state index in [1.54, 1.807) is 0 Å². The Kier molecular flexibility index (Phi) is 8.07. The molecule has 0 aliphatic carbocycles. The molecular formula is C14H29N5O2. The summed E-state index contributed by atoms with van der Waals surface area (Å²) in [5.41, 5.74) is 5.21. The highest BCUT2D eigenvalue weighted by Crippen LogP contribution is 2.09. The second-order valence-electron chi connectivity index (χ2n) is 5.67. The fraction of sp³-hybridized carbons (Fsp3) is 0.857. The second-order valence-corrected chi connectivity index (χ2v) is 5.67. The molecule has 0 aromatic carbocycles. The number of hydrogen-bond acceptors (Lipinski definition) is 4. The first-order valence-corrected chi connectivity index (χ1v) is 7.71. The van der Waals surface area contributed by atoms with Gasteiger partial charge in [-0.2, -0.15) is 0 Å². The number of nitrogens with zero attached hydrogens (tertiary/aromatic N) is 2. The maximum atomic E-state index is 10.9. The molecule has 5 N–H and O–H groups in total. The number of likely N-dealkylation sites (tertiary alicyclic amines) is 1. The molecule has 1 aliphatic heterocycles. The van der Waals surface area contributed by atoms with Gasteiger partial charge >= 0.3 is 0 Å². The van der Waals surface area contributed by atoms with Gasteiger partial charge in [-0.1, -0.05) is 6.92 Å². The third-order valence-electron chi connectivity index (χ3n) is 3.52. The number of amides is 1. The van der Waals surface area contributed by atoms with Gasteiger partial charge in [-0.05, 0) is 25.7 Å². The number of nitrogens with one attached hydrogen (secondary N) is 2. The molecular weight excluding hydrogens is 270 g/mol. The van der Waals surface area contributed by atoms with Crippen LogP contribution in [0.15, 0.2) is 4.99 Å². The van der Waals surface area contributed by atoms with E-state index in [9.17, 15) is 4.79 Å². The summed E-state index contributed by atoms with van der Waals surface area (Å²) in [7, 11) is 0. The minimum absolute atomic E-state index is 0.147. The molecule has 1 rings (SSSR count). The zero-order chi connectivity index (χ0) is 15.7. The quantitative estimate of drug-likeness (QED) is 0.361. The third-order valence-corrected chi connectivity index (χ3v) is 3.52. The van der Waals surface area contributed by atoms with E-state index < -0.39 is 0 Å². The van der Waals surface area contributed by atoms with Crippen molar-refractivity contribution >= 4 is 11.9 Å². The Morgan fingerprint density at radius 3 is 2.67 bits per heavy atom. The molecule has 0 bridgehead atoms. The SMILES string of the molecule is CCNC(=NCC(C)CO)NC1CCN(CC(N)=O)CC1. The van der Waals surface area contributed by atoms with Crippen molar-refractivity contribution in [1.82, 2.24) is 15.5 Å². The third kappa shape index (κ3) is 7.29. The van der Waals surface area contributed by atoms with Crippen LogP contribution in [0.3, 0.4) is 0 Å². The van der Waals surface area contributed by atoms with Crippen LogP contribution >= 0.6 is 0 Å². The molecule has 0 radical (unpaired) electrons. The van der Waals surface area contributed by atoms with Crippen LogP contribution < -0.4 is 16.4 Å². The van der Waals surface area contributed by atoms with Crippen LogP contribution in [0.5, 0.6) is 0 Å². The lowest BCUT2D eigenvalue weighted by molar-refractivity contribution is -0.119. The van der Waals surface area contributed by atoms with Crippen molar-refractivity contribution in [2.24, 2.45) is 16.6 Å².